The number of rotatable bonds is 3. The van der Waals surface area contributed by atoms with Gasteiger partial charge in [0.05, 0.1) is 6.61 Å². The average molecular weight is 197 g/mol. The molecule has 1 aromatic heterocycles. The summed E-state index contributed by atoms with van der Waals surface area (Å²) in [5, 5.41) is 0. The third-order valence-corrected chi connectivity index (χ3v) is 4.07. The minimum Gasteiger partial charge on any atom is -0.304 e. The van der Waals surface area contributed by atoms with E-state index >= 15 is 0 Å². The van der Waals surface area contributed by atoms with Crippen LogP contribution in [0.25, 0.3) is 0 Å². The molecule has 1 aliphatic carbocycles. The van der Waals surface area contributed by atoms with Crippen molar-refractivity contribution in [3.8, 4) is 0 Å². The summed E-state index contributed by atoms with van der Waals surface area (Å²) >= 11 is 1.93. The monoisotopic (exact) mass is 197 g/mol. The molecule has 0 fully saturated rings. The van der Waals surface area contributed by atoms with E-state index in [0.717, 1.165) is 0 Å². The van der Waals surface area contributed by atoms with Gasteiger partial charge in [0.2, 0.25) is 0 Å². The summed E-state index contributed by atoms with van der Waals surface area (Å²) in [6.07, 6.45) is 3.88. The Labute approximate surface area is 82.7 Å². The molecular formula is C10H15NOS. The van der Waals surface area contributed by atoms with E-state index in [1.165, 1.54) is 24.1 Å². The summed E-state index contributed by atoms with van der Waals surface area (Å²) < 4.78 is 0. The third kappa shape index (κ3) is 1.77. The first-order valence-corrected chi connectivity index (χ1v) is 5.56. The van der Waals surface area contributed by atoms with E-state index in [4.69, 9.17) is 5.90 Å². The molecule has 1 unspecified atom stereocenters. The summed E-state index contributed by atoms with van der Waals surface area (Å²) in [6.45, 7) is 2.78. The maximum absolute atomic E-state index is 5.06. The number of thiophene rings is 1. The van der Waals surface area contributed by atoms with Crippen molar-refractivity contribution in [1.29, 1.82) is 0 Å². The van der Waals surface area contributed by atoms with Crippen LogP contribution < -0.4 is 5.90 Å². The van der Waals surface area contributed by atoms with Crippen LogP contribution in [0.15, 0.2) is 6.07 Å². The fourth-order valence-electron chi connectivity index (χ4n) is 1.82. The lowest BCUT2D eigenvalue weighted by molar-refractivity contribution is 0.127. The van der Waals surface area contributed by atoms with E-state index < -0.39 is 0 Å². The second-order valence-electron chi connectivity index (χ2n) is 3.69. The van der Waals surface area contributed by atoms with Crippen LogP contribution >= 0.6 is 11.3 Å². The van der Waals surface area contributed by atoms with Crippen LogP contribution in [0.3, 0.4) is 0 Å². The highest BCUT2D eigenvalue weighted by atomic mass is 32.1. The van der Waals surface area contributed by atoms with Gasteiger partial charge < -0.3 is 4.84 Å². The lowest BCUT2D eigenvalue weighted by Crippen LogP contribution is -2.07. The molecule has 1 aromatic rings. The largest absolute Gasteiger partial charge is 0.304 e. The van der Waals surface area contributed by atoms with Gasteiger partial charge in [-0.2, -0.15) is 0 Å². The summed E-state index contributed by atoms with van der Waals surface area (Å²) in [5.74, 6) is 5.51. The second-order valence-corrected chi connectivity index (χ2v) is 4.85. The lowest BCUT2D eigenvalue weighted by Gasteiger charge is -2.06. The molecular weight excluding hydrogens is 182 g/mol. The Bertz CT molecular complexity index is 274. The maximum atomic E-state index is 5.06. The fraction of sp³-hybridized carbons (Fsp3) is 0.600. The van der Waals surface area contributed by atoms with Crippen LogP contribution in [0.1, 0.15) is 34.6 Å². The van der Waals surface area contributed by atoms with Crippen molar-refractivity contribution in [1.82, 2.24) is 0 Å². The molecule has 0 aromatic carbocycles. The molecule has 2 nitrogen and oxygen atoms in total. The smallest absolute Gasteiger partial charge is 0.0753 e. The summed E-state index contributed by atoms with van der Waals surface area (Å²) in [7, 11) is 0. The van der Waals surface area contributed by atoms with Gasteiger partial charge in [0.1, 0.15) is 0 Å². The van der Waals surface area contributed by atoms with Crippen molar-refractivity contribution in [2.24, 2.45) is 5.90 Å². The lowest BCUT2D eigenvalue weighted by atomic mass is 10.1. The molecule has 1 aliphatic rings. The van der Waals surface area contributed by atoms with Crippen LogP contribution in [0, 0.1) is 0 Å². The molecule has 0 aliphatic heterocycles. The molecule has 2 rings (SSSR count). The molecule has 3 heteroatoms. The van der Waals surface area contributed by atoms with Gasteiger partial charge in [-0.1, -0.05) is 6.92 Å². The van der Waals surface area contributed by atoms with Gasteiger partial charge in [-0.25, -0.2) is 5.90 Å². The second kappa shape index (κ2) is 3.78. The fourth-order valence-corrected chi connectivity index (χ4v) is 3.11. The van der Waals surface area contributed by atoms with E-state index in [2.05, 4.69) is 17.8 Å². The van der Waals surface area contributed by atoms with Gasteiger partial charge in [-0.3, -0.25) is 0 Å². The van der Waals surface area contributed by atoms with Crippen LogP contribution in [-0.4, -0.2) is 6.61 Å². The van der Waals surface area contributed by atoms with Crippen molar-refractivity contribution in [3.05, 3.63) is 21.4 Å². The molecule has 0 radical (unpaired) electrons. The predicted octanol–water partition coefficient (Wildman–Crippen LogP) is 2.23. The zero-order chi connectivity index (χ0) is 9.26. The zero-order valence-corrected chi connectivity index (χ0v) is 8.69. The van der Waals surface area contributed by atoms with Gasteiger partial charge in [-0.05, 0) is 30.9 Å². The first-order chi connectivity index (χ1) is 6.31. The van der Waals surface area contributed by atoms with Gasteiger partial charge >= 0.3 is 0 Å². The summed E-state index contributed by atoms with van der Waals surface area (Å²) in [4.78, 5) is 7.67. The number of aryl methyl sites for hydroxylation is 2. The topological polar surface area (TPSA) is 35.2 Å². The first kappa shape index (κ1) is 9.19. The third-order valence-electron chi connectivity index (χ3n) is 2.60. The number of fused-ring (bicyclic) bond motifs is 1. The predicted molar refractivity (Wildman–Crippen MR) is 54.9 cm³/mol. The molecule has 2 N–H and O–H groups in total. The number of hydrogen-bond donors (Lipinski definition) is 1. The highest BCUT2D eigenvalue weighted by Crippen LogP contribution is 2.34. The molecule has 0 saturated heterocycles. The van der Waals surface area contributed by atoms with Crippen LogP contribution in [-0.2, 0) is 17.7 Å². The Morgan fingerprint density at radius 2 is 2.46 bits per heavy atom. The zero-order valence-electron chi connectivity index (χ0n) is 7.88. The SMILES string of the molecule is CC(CON)c1cc2c(s1)CCC2. The number of hydrogen-bond acceptors (Lipinski definition) is 3. The standard InChI is InChI=1S/C10H15NOS/c1-7(6-12-11)10-5-8-3-2-4-9(8)13-10/h5,7H,2-4,6,11H2,1H3. The quantitative estimate of drug-likeness (QED) is 0.754. The maximum Gasteiger partial charge on any atom is 0.0753 e. The summed E-state index contributed by atoms with van der Waals surface area (Å²) in [5.41, 5.74) is 1.56. The van der Waals surface area contributed by atoms with Gasteiger partial charge in [-0.15, -0.1) is 11.3 Å². The van der Waals surface area contributed by atoms with Gasteiger partial charge in [0, 0.05) is 15.7 Å². The molecule has 0 amide bonds. The highest BCUT2D eigenvalue weighted by Gasteiger charge is 2.17. The van der Waals surface area contributed by atoms with Gasteiger partial charge in [0.25, 0.3) is 0 Å². The van der Waals surface area contributed by atoms with E-state index in [1.807, 2.05) is 11.3 Å². The van der Waals surface area contributed by atoms with E-state index in [1.54, 1.807) is 10.4 Å². The minimum atomic E-state index is 0.445. The van der Waals surface area contributed by atoms with Crippen molar-refractivity contribution in [2.75, 3.05) is 6.61 Å². The number of nitrogens with two attached hydrogens (primary N) is 1. The van der Waals surface area contributed by atoms with Crippen LogP contribution in [0.2, 0.25) is 0 Å². The van der Waals surface area contributed by atoms with Crippen molar-refractivity contribution >= 4 is 11.3 Å². The molecule has 72 valence electrons. The molecule has 0 spiro atoms. The Morgan fingerprint density at radius 1 is 1.62 bits per heavy atom. The van der Waals surface area contributed by atoms with Crippen molar-refractivity contribution in [2.45, 2.75) is 32.1 Å². The molecule has 1 atom stereocenters. The van der Waals surface area contributed by atoms with E-state index in [-0.39, 0.29) is 0 Å². The van der Waals surface area contributed by atoms with Gasteiger partial charge in [0.15, 0.2) is 0 Å². The average Bonchev–Trinajstić information content (AvgIpc) is 2.61. The summed E-state index contributed by atoms with van der Waals surface area (Å²) in [6, 6.07) is 2.33. The van der Waals surface area contributed by atoms with Crippen molar-refractivity contribution in [3.63, 3.8) is 0 Å². The molecule has 13 heavy (non-hydrogen) atoms. The molecule has 1 heterocycles. The minimum absolute atomic E-state index is 0.445. The van der Waals surface area contributed by atoms with E-state index in [9.17, 15) is 0 Å². The van der Waals surface area contributed by atoms with E-state index in [0.29, 0.717) is 12.5 Å². The molecule has 0 bridgehead atoms. The highest BCUT2D eigenvalue weighted by molar-refractivity contribution is 7.12. The molecule has 0 saturated carbocycles. The van der Waals surface area contributed by atoms with Crippen LogP contribution in [0.5, 0.6) is 0 Å². The van der Waals surface area contributed by atoms with Crippen molar-refractivity contribution < 1.29 is 4.84 Å². The van der Waals surface area contributed by atoms with Crippen LogP contribution in [0.4, 0.5) is 0 Å². The Kier molecular flexibility index (Phi) is 2.67. The Morgan fingerprint density at radius 3 is 3.15 bits per heavy atom. The first-order valence-electron chi connectivity index (χ1n) is 4.74. The Hall–Kier alpha value is -0.380. The normalized spacial score (nSPS) is 17.4. The Balaban J connectivity index is 2.13.